The molecule has 1 atom stereocenters. The summed E-state index contributed by atoms with van der Waals surface area (Å²) in [4.78, 5) is 3.39. The molecule has 1 aromatic heterocycles. The molecule has 1 fully saturated rings. The first kappa shape index (κ1) is 16.2. The Kier molecular flexibility index (Phi) is 4.84. The van der Waals surface area contributed by atoms with E-state index in [2.05, 4.69) is 15.2 Å². The molecule has 0 radical (unpaired) electrons. The SMILES string of the molecule is O=S(=O)(NCC(OC1CCCC1)C(F)(F)F)c1ncn[nH]1. The monoisotopic (exact) mass is 328 g/mol. The summed E-state index contributed by atoms with van der Waals surface area (Å²) < 4.78 is 68.9. The van der Waals surface area contributed by atoms with Crippen LogP contribution < -0.4 is 4.72 Å². The predicted octanol–water partition coefficient (Wildman–Crippen LogP) is 0.973. The van der Waals surface area contributed by atoms with Crippen molar-refractivity contribution >= 4 is 10.0 Å². The fourth-order valence-corrected chi connectivity index (χ4v) is 2.94. The van der Waals surface area contributed by atoms with E-state index >= 15 is 0 Å². The number of halogens is 3. The maximum absolute atomic E-state index is 12.9. The summed E-state index contributed by atoms with van der Waals surface area (Å²) >= 11 is 0. The first-order valence-corrected chi connectivity index (χ1v) is 7.84. The summed E-state index contributed by atoms with van der Waals surface area (Å²) in [6.45, 7) is -0.900. The minimum atomic E-state index is -4.65. The molecule has 1 saturated carbocycles. The molecule has 2 N–H and O–H groups in total. The molecule has 11 heteroatoms. The molecule has 7 nitrogen and oxygen atoms in total. The van der Waals surface area contributed by atoms with Gasteiger partial charge in [-0.05, 0) is 12.8 Å². The second-order valence-corrected chi connectivity index (χ2v) is 6.40. The molecule has 0 saturated heterocycles. The van der Waals surface area contributed by atoms with Gasteiger partial charge in [0.25, 0.3) is 15.2 Å². The number of aromatic amines is 1. The van der Waals surface area contributed by atoms with E-state index in [-0.39, 0.29) is 0 Å². The number of aromatic nitrogens is 3. The Morgan fingerprint density at radius 2 is 2.10 bits per heavy atom. The lowest BCUT2D eigenvalue weighted by Crippen LogP contribution is -2.44. The van der Waals surface area contributed by atoms with Crippen molar-refractivity contribution in [1.82, 2.24) is 19.9 Å². The number of ether oxygens (including phenoxy) is 1. The molecule has 0 aromatic carbocycles. The largest absolute Gasteiger partial charge is 0.415 e. The van der Waals surface area contributed by atoms with Crippen LogP contribution in [0, 0.1) is 0 Å². The molecule has 21 heavy (non-hydrogen) atoms. The van der Waals surface area contributed by atoms with Crippen molar-refractivity contribution in [1.29, 1.82) is 0 Å². The minimum absolute atomic E-state index is 0.480. The predicted molar refractivity (Wildman–Crippen MR) is 64.8 cm³/mol. The number of sulfonamides is 1. The van der Waals surface area contributed by atoms with Gasteiger partial charge in [-0.2, -0.15) is 18.3 Å². The van der Waals surface area contributed by atoms with Crippen molar-refractivity contribution in [3.63, 3.8) is 0 Å². The molecule has 0 spiro atoms. The highest BCUT2D eigenvalue weighted by Gasteiger charge is 2.43. The van der Waals surface area contributed by atoms with Gasteiger partial charge in [0.1, 0.15) is 6.33 Å². The standard InChI is InChI=1S/C10H15F3N4O3S/c11-10(12,13)8(20-7-3-1-2-4-7)5-16-21(18,19)9-14-6-15-17-9/h6-8,16H,1-5H2,(H,14,15,17). The summed E-state index contributed by atoms with van der Waals surface area (Å²) in [5, 5.41) is 4.88. The summed E-state index contributed by atoms with van der Waals surface area (Å²) in [6.07, 6.45) is -3.61. The molecular formula is C10H15F3N4O3S. The van der Waals surface area contributed by atoms with Crippen LogP contribution >= 0.6 is 0 Å². The minimum Gasteiger partial charge on any atom is -0.364 e. The van der Waals surface area contributed by atoms with E-state index < -0.39 is 40.1 Å². The van der Waals surface area contributed by atoms with Crippen LogP contribution in [0.15, 0.2) is 11.5 Å². The first-order chi connectivity index (χ1) is 9.79. The van der Waals surface area contributed by atoms with Crippen LogP contribution in [-0.4, -0.2) is 48.5 Å². The topological polar surface area (TPSA) is 97.0 Å². The molecule has 0 amide bonds. The second-order valence-electron chi connectivity index (χ2n) is 4.72. The lowest BCUT2D eigenvalue weighted by molar-refractivity contribution is -0.229. The maximum Gasteiger partial charge on any atom is 0.415 e. The molecular weight excluding hydrogens is 313 g/mol. The molecule has 0 aliphatic heterocycles. The van der Waals surface area contributed by atoms with Gasteiger partial charge in [0, 0.05) is 6.54 Å². The second kappa shape index (κ2) is 6.28. The van der Waals surface area contributed by atoms with Gasteiger partial charge in [-0.1, -0.05) is 12.8 Å². The van der Waals surface area contributed by atoms with Crippen LogP contribution in [0.25, 0.3) is 0 Å². The van der Waals surface area contributed by atoms with E-state index in [9.17, 15) is 21.6 Å². The third-order valence-electron chi connectivity index (χ3n) is 3.13. The number of nitrogens with one attached hydrogen (secondary N) is 2. The highest BCUT2D eigenvalue weighted by molar-refractivity contribution is 7.89. The van der Waals surface area contributed by atoms with Gasteiger partial charge < -0.3 is 4.74 Å². The molecule has 120 valence electrons. The summed E-state index contributed by atoms with van der Waals surface area (Å²) in [6, 6.07) is 0. The smallest absolute Gasteiger partial charge is 0.364 e. The molecule has 1 unspecified atom stereocenters. The van der Waals surface area contributed by atoms with Crippen LogP contribution in [0.4, 0.5) is 13.2 Å². The maximum atomic E-state index is 12.9. The van der Waals surface area contributed by atoms with Crippen LogP contribution in [0.1, 0.15) is 25.7 Å². The van der Waals surface area contributed by atoms with E-state index in [1.807, 2.05) is 4.72 Å². The van der Waals surface area contributed by atoms with Gasteiger partial charge in [-0.3, -0.25) is 0 Å². The van der Waals surface area contributed by atoms with Gasteiger partial charge in [0.2, 0.25) is 0 Å². The highest BCUT2D eigenvalue weighted by atomic mass is 32.2. The van der Waals surface area contributed by atoms with E-state index in [1.165, 1.54) is 0 Å². The average molecular weight is 328 g/mol. The number of nitrogens with zero attached hydrogens (tertiary/aromatic N) is 2. The Labute approximate surface area is 119 Å². The Balaban J connectivity index is 1.99. The van der Waals surface area contributed by atoms with Crippen molar-refractivity contribution in [2.24, 2.45) is 0 Å². The van der Waals surface area contributed by atoms with E-state index in [0.29, 0.717) is 12.8 Å². The summed E-state index contributed by atoms with van der Waals surface area (Å²) in [5.74, 6) is 0. The number of hydrogen-bond donors (Lipinski definition) is 2. The van der Waals surface area contributed by atoms with Crippen LogP contribution in [0.5, 0.6) is 0 Å². The molecule has 0 bridgehead atoms. The number of rotatable bonds is 6. The van der Waals surface area contributed by atoms with E-state index in [0.717, 1.165) is 19.2 Å². The highest BCUT2D eigenvalue weighted by Crippen LogP contribution is 2.29. The Bertz CT molecular complexity index is 540. The zero-order valence-electron chi connectivity index (χ0n) is 10.9. The van der Waals surface area contributed by atoms with Crippen molar-refractivity contribution in [2.75, 3.05) is 6.54 Å². The molecule has 1 aromatic rings. The van der Waals surface area contributed by atoms with Crippen molar-refractivity contribution in [2.45, 2.75) is 49.2 Å². The van der Waals surface area contributed by atoms with Gasteiger partial charge in [0.05, 0.1) is 6.10 Å². The fourth-order valence-electron chi connectivity index (χ4n) is 2.08. The number of alkyl halides is 3. The molecule has 2 rings (SSSR count). The van der Waals surface area contributed by atoms with Gasteiger partial charge in [-0.25, -0.2) is 23.2 Å². The zero-order chi connectivity index (χ0) is 15.5. The molecule has 1 heterocycles. The van der Waals surface area contributed by atoms with Crippen molar-refractivity contribution < 1.29 is 26.3 Å². The average Bonchev–Trinajstić information content (AvgIpc) is 3.05. The van der Waals surface area contributed by atoms with Crippen LogP contribution in [0.3, 0.4) is 0 Å². The van der Waals surface area contributed by atoms with Crippen LogP contribution in [-0.2, 0) is 14.8 Å². The van der Waals surface area contributed by atoms with Crippen molar-refractivity contribution in [3.05, 3.63) is 6.33 Å². The lowest BCUT2D eigenvalue weighted by atomic mass is 10.3. The Hall–Kier alpha value is -1.20. The molecule has 1 aliphatic carbocycles. The normalized spacial score (nSPS) is 19.0. The number of hydrogen-bond acceptors (Lipinski definition) is 5. The Morgan fingerprint density at radius 3 is 2.62 bits per heavy atom. The third kappa shape index (κ3) is 4.38. The summed E-state index contributed by atoms with van der Waals surface area (Å²) in [5.41, 5.74) is 0. The first-order valence-electron chi connectivity index (χ1n) is 6.36. The number of H-pyrrole nitrogens is 1. The van der Waals surface area contributed by atoms with E-state index in [1.54, 1.807) is 0 Å². The van der Waals surface area contributed by atoms with Gasteiger partial charge in [0.15, 0.2) is 6.10 Å². The Morgan fingerprint density at radius 1 is 1.43 bits per heavy atom. The fraction of sp³-hybridized carbons (Fsp3) is 0.800. The van der Waals surface area contributed by atoms with Crippen molar-refractivity contribution in [3.8, 4) is 0 Å². The summed E-state index contributed by atoms with van der Waals surface area (Å²) in [7, 11) is -4.17. The van der Waals surface area contributed by atoms with Gasteiger partial charge >= 0.3 is 6.18 Å². The third-order valence-corrected chi connectivity index (χ3v) is 4.38. The lowest BCUT2D eigenvalue weighted by Gasteiger charge is -2.24. The zero-order valence-corrected chi connectivity index (χ0v) is 11.7. The molecule has 1 aliphatic rings. The van der Waals surface area contributed by atoms with Crippen LogP contribution in [0.2, 0.25) is 0 Å². The quantitative estimate of drug-likeness (QED) is 0.811. The van der Waals surface area contributed by atoms with Gasteiger partial charge in [-0.15, -0.1) is 0 Å². The van der Waals surface area contributed by atoms with E-state index in [4.69, 9.17) is 4.74 Å².